The van der Waals surface area contributed by atoms with Gasteiger partial charge in [0.2, 0.25) is 0 Å². The van der Waals surface area contributed by atoms with Gasteiger partial charge in [-0.15, -0.1) is 0 Å². The largest absolute Gasteiger partial charge is 0 e. The van der Waals surface area contributed by atoms with E-state index in [1.165, 1.54) is 5.56 Å². The van der Waals surface area contributed by atoms with Crippen LogP contribution in [0.25, 0.3) is 0 Å². The molecule has 1 rings (SSSR count). The maximum Gasteiger partial charge on any atom is 0 e. The Morgan fingerprint density at radius 2 is 1.39 bits per heavy atom. The van der Waals surface area contributed by atoms with E-state index in [2.05, 4.69) is 39.0 Å². The first-order chi connectivity index (χ1) is 8.38. The topological polar surface area (TPSA) is 68.9 Å². The molecular formula is C13H14CrO4. The minimum absolute atomic E-state index is 0. The molecule has 5 heteroatoms. The van der Waals surface area contributed by atoms with E-state index in [0.717, 1.165) is 6.42 Å². The van der Waals surface area contributed by atoms with Crippen LogP contribution in [0.15, 0.2) is 30.3 Å². The fourth-order valence-electron chi connectivity index (χ4n) is 1.21. The minimum Gasteiger partial charge on any atom is 0 e. The van der Waals surface area contributed by atoms with Gasteiger partial charge in [-0.2, -0.15) is 0 Å². The van der Waals surface area contributed by atoms with E-state index in [1.807, 2.05) is 18.2 Å². The van der Waals surface area contributed by atoms with Crippen LogP contribution in [0.4, 0.5) is 0 Å². The Kier molecular flexibility index (Phi) is 35.6. The zero-order valence-corrected chi connectivity index (χ0v) is 11.5. The van der Waals surface area contributed by atoms with Gasteiger partial charge in [0.15, 0.2) is 0 Å². The van der Waals surface area contributed by atoms with Crippen LogP contribution in [-0.4, -0.2) is 7.11 Å². The number of hydrogen-bond donors (Lipinski definition) is 0. The normalized spacial score (nSPS) is 8.22. The second-order valence-electron chi connectivity index (χ2n) is 2.54. The van der Waals surface area contributed by atoms with Crippen molar-refractivity contribution in [3.63, 3.8) is 0 Å². The maximum absolute atomic E-state index is 7.50. The molecule has 0 N–H and O–H groups in total. The first-order valence-electron chi connectivity index (χ1n) is 4.57. The molecule has 0 aliphatic heterocycles. The molecule has 0 fully saturated rings. The van der Waals surface area contributed by atoms with Crippen molar-refractivity contribution in [3.8, 4) is 0 Å². The Hall–Kier alpha value is -1.07. The van der Waals surface area contributed by atoms with Crippen LogP contribution in [0, 0.1) is 20.0 Å². The predicted octanol–water partition coefficient (Wildman–Crippen LogP) is 2.67. The van der Waals surface area contributed by atoms with Crippen molar-refractivity contribution in [1.82, 2.24) is 0 Å². The van der Waals surface area contributed by atoms with Crippen LogP contribution in [0.3, 0.4) is 0 Å². The first-order valence-corrected chi connectivity index (χ1v) is 4.57. The van der Waals surface area contributed by atoms with Gasteiger partial charge in [0.1, 0.15) is 0 Å². The van der Waals surface area contributed by atoms with Crippen LogP contribution in [0.5, 0.6) is 0 Å². The molecule has 0 spiro atoms. The van der Waals surface area contributed by atoms with Gasteiger partial charge in [0, 0.05) is 24.5 Å². The number of hydrogen-bond acceptors (Lipinski definition) is 1. The summed E-state index contributed by atoms with van der Waals surface area (Å²) in [7, 11) is 1.75. The van der Waals surface area contributed by atoms with Crippen LogP contribution < -0.4 is 0 Å². The summed E-state index contributed by atoms with van der Waals surface area (Å²) in [5.74, 6) is 0. The molecule has 0 saturated carbocycles. The van der Waals surface area contributed by atoms with Crippen LogP contribution in [0.1, 0.15) is 25.0 Å². The summed E-state index contributed by atoms with van der Waals surface area (Å²) in [6.45, 7) is 15.6. The van der Waals surface area contributed by atoms with Crippen molar-refractivity contribution >= 4 is 0 Å². The molecule has 0 amide bonds. The summed E-state index contributed by atoms with van der Waals surface area (Å²) in [5, 5.41) is 0. The number of rotatable bonds is 3. The molecule has 18 heavy (non-hydrogen) atoms. The molecule has 0 radical (unpaired) electrons. The Morgan fingerprint density at radius 1 is 1.00 bits per heavy atom. The first kappa shape index (κ1) is 25.7. The van der Waals surface area contributed by atoms with Crippen LogP contribution >= 0.6 is 0 Å². The molecule has 0 aliphatic carbocycles. The van der Waals surface area contributed by atoms with Crippen molar-refractivity contribution in [2.45, 2.75) is 19.4 Å². The Balaban J connectivity index is -0.000000123. The molecule has 0 aliphatic rings. The summed E-state index contributed by atoms with van der Waals surface area (Å²) < 4.78 is 27.8. The van der Waals surface area contributed by atoms with Crippen molar-refractivity contribution in [2.75, 3.05) is 7.11 Å². The third kappa shape index (κ3) is 13.0. The summed E-state index contributed by atoms with van der Waals surface area (Å²) in [6, 6.07) is 10.3. The maximum atomic E-state index is 7.50. The Bertz CT molecular complexity index is 287. The van der Waals surface area contributed by atoms with Gasteiger partial charge in [-0.25, -0.2) is 0 Å². The van der Waals surface area contributed by atoms with Gasteiger partial charge >= 0.3 is 33.9 Å². The van der Waals surface area contributed by atoms with Gasteiger partial charge in [0.05, 0.1) is 6.10 Å². The zero-order valence-electron chi connectivity index (χ0n) is 10.2. The van der Waals surface area contributed by atoms with E-state index in [-0.39, 0.29) is 23.5 Å². The molecule has 1 aromatic carbocycles. The smallest absolute Gasteiger partial charge is 0 e. The van der Waals surface area contributed by atoms with Crippen molar-refractivity contribution < 1.29 is 36.1 Å². The van der Waals surface area contributed by atoms with Gasteiger partial charge in [-0.1, -0.05) is 37.3 Å². The zero-order chi connectivity index (χ0) is 14.1. The fraction of sp³-hybridized carbons (Fsp3) is 0.308. The van der Waals surface area contributed by atoms with E-state index in [1.54, 1.807) is 7.11 Å². The number of ether oxygens (including phenoxy) is 1. The number of benzene rings is 1. The summed E-state index contributed by atoms with van der Waals surface area (Å²) in [4.78, 5) is 0. The molecule has 96 valence electrons. The molecule has 0 bridgehead atoms. The second kappa shape index (κ2) is 25.0. The Morgan fingerprint density at radius 3 is 1.67 bits per heavy atom. The van der Waals surface area contributed by atoms with E-state index in [9.17, 15) is 0 Å². The van der Waals surface area contributed by atoms with Gasteiger partial charge < -0.3 is 4.74 Å². The van der Waals surface area contributed by atoms with E-state index >= 15 is 0 Å². The minimum atomic E-state index is 0. The van der Waals surface area contributed by atoms with E-state index < -0.39 is 0 Å². The quantitative estimate of drug-likeness (QED) is 0.622. The standard InChI is InChI=1S/C10H14O.3CO.Cr/c1-3-10(11-2)9-7-5-4-6-8-9;3*1-2;/h4-8,10H,3H2,1-2H3;;;;. The van der Waals surface area contributed by atoms with Crippen LogP contribution in [0.2, 0.25) is 0 Å². The van der Waals surface area contributed by atoms with Crippen molar-refractivity contribution in [1.29, 1.82) is 0 Å². The van der Waals surface area contributed by atoms with Crippen molar-refractivity contribution in [2.24, 2.45) is 0 Å². The monoisotopic (exact) mass is 286 g/mol. The molecular weight excluding hydrogens is 272 g/mol. The van der Waals surface area contributed by atoms with E-state index in [0.29, 0.717) is 0 Å². The summed E-state index contributed by atoms with van der Waals surface area (Å²) >= 11 is 0. The molecule has 0 saturated heterocycles. The average Bonchev–Trinajstić information content (AvgIpc) is 2.48. The van der Waals surface area contributed by atoms with E-state index in [4.69, 9.17) is 18.7 Å². The molecule has 1 aromatic rings. The fourth-order valence-corrected chi connectivity index (χ4v) is 1.21. The summed E-state index contributed by atoms with van der Waals surface area (Å²) in [5.41, 5.74) is 1.26. The third-order valence-corrected chi connectivity index (χ3v) is 1.83. The predicted molar refractivity (Wildman–Crippen MR) is 58.3 cm³/mol. The molecule has 1 atom stereocenters. The molecule has 0 aromatic heterocycles. The average molecular weight is 286 g/mol. The molecule has 4 nitrogen and oxygen atoms in total. The van der Waals surface area contributed by atoms with Gasteiger partial charge in [0.25, 0.3) is 0 Å². The van der Waals surface area contributed by atoms with Crippen LogP contribution in [-0.2, 0) is 36.1 Å². The Labute approximate surface area is 119 Å². The second-order valence-corrected chi connectivity index (χ2v) is 2.54. The number of methoxy groups -OCH3 is 1. The molecule has 1 unspecified atom stereocenters. The van der Waals surface area contributed by atoms with Gasteiger partial charge in [-0.05, 0) is 12.0 Å². The SMILES string of the molecule is CCC(OC)c1ccccc1.[C-]#[O+].[C-]#[O+].[C-]#[O+].[Cr]. The van der Waals surface area contributed by atoms with Gasteiger partial charge in [-0.3, -0.25) is 0 Å². The molecule has 0 heterocycles. The van der Waals surface area contributed by atoms with Crippen molar-refractivity contribution in [3.05, 3.63) is 55.8 Å². The third-order valence-electron chi connectivity index (χ3n) is 1.83. The summed E-state index contributed by atoms with van der Waals surface area (Å²) in [6.07, 6.45) is 1.29.